The van der Waals surface area contributed by atoms with Gasteiger partial charge in [0.15, 0.2) is 11.5 Å². The van der Waals surface area contributed by atoms with Crippen LogP contribution < -0.4 is 14.2 Å². The number of rotatable bonds is 8. The van der Waals surface area contributed by atoms with Crippen molar-refractivity contribution in [3.05, 3.63) is 53.8 Å². The maximum Gasteiger partial charge on any atom is 0.231 e. The van der Waals surface area contributed by atoms with Gasteiger partial charge in [-0.25, -0.2) is 4.39 Å². The molecule has 0 saturated carbocycles. The zero-order valence-electron chi connectivity index (χ0n) is 19.1. The van der Waals surface area contributed by atoms with Crippen molar-refractivity contribution in [1.82, 2.24) is 9.80 Å². The summed E-state index contributed by atoms with van der Waals surface area (Å²) in [6.07, 6.45) is 2.22. The first-order chi connectivity index (χ1) is 16.2. The number of likely N-dealkylation sites (tertiary alicyclic amines) is 1. The fraction of sp³-hybridized carbons (Fsp3) is 0.538. The molecule has 0 unspecified atom stereocenters. The Morgan fingerprint density at radius 1 is 0.909 bits per heavy atom. The lowest BCUT2D eigenvalue weighted by atomic mass is 9.80. The number of morpholine rings is 1. The standard InChI is InChI=1S/C26H33FN2O4/c27-22-4-2-20(3-5-22)24-8-11-29(10-1-9-28-12-14-30-15-13-28)17-21(24)18-31-23-6-7-25-26(16-23)33-19-32-25/h2-7,16,21,24H,1,8-15,17-19H2/t21-,24-/m1/s1. The van der Waals surface area contributed by atoms with E-state index in [4.69, 9.17) is 18.9 Å². The van der Waals surface area contributed by atoms with Gasteiger partial charge >= 0.3 is 0 Å². The fourth-order valence-corrected chi connectivity index (χ4v) is 5.14. The smallest absolute Gasteiger partial charge is 0.231 e. The van der Waals surface area contributed by atoms with E-state index in [9.17, 15) is 4.39 Å². The minimum Gasteiger partial charge on any atom is -0.493 e. The van der Waals surface area contributed by atoms with Gasteiger partial charge in [-0.05, 0) is 68.2 Å². The van der Waals surface area contributed by atoms with Gasteiger partial charge in [0, 0.05) is 31.6 Å². The van der Waals surface area contributed by atoms with Gasteiger partial charge in [-0.2, -0.15) is 0 Å². The third-order valence-corrected chi connectivity index (χ3v) is 6.98. The summed E-state index contributed by atoms with van der Waals surface area (Å²) in [5.74, 6) is 2.79. The minimum absolute atomic E-state index is 0.188. The Labute approximate surface area is 195 Å². The normalized spacial score (nSPS) is 23.5. The molecule has 0 radical (unpaired) electrons. The van der Waals surface area contributed by atoms with Gasteiger partial charge in [0.05, 0.1) is 19.8 Å². The Kier molecular flexibility index (Phi) is 7.29. The number of piperidine rings is 1. The topological polar surface area (TPSA) is 43.4 Å². The Balaban J connectivity index is 1.21. The van der Waals surface area contributed by atoms with E-state index in [1.807, 2.05) is 30.3 Å². The van der Waals surface area contributed by atoms with E-state index >= 15 is 0 Å². The third-order valence-electron chi connectivity index (χ3n) is 6.98. The molecule has 178 valence electrons. The van der Waals surface area contributed by atoms with Crippen LogP contribution in [-0.4, -0.2) is 75.7 Å². The molecule has 3 heterocycles. The molecule has 0 aliphatic carbocycles. The van der Waals surface area contributed by atoms with E-state index in [1.54, 1.807) is 12.1 Å². The summed E-state index contributed by atoms with van der Waals surface area (Å²) in [7, 11) is 0. The summed E-state index contributed by atoms with van der Waals surface area (Å²) in [5.41, 5.74) is 1.20. The first-order valence-electron chi connectivity index (χ1n) is 12.0. The molecule has 2 atom stereocenters. The van der Waals surface area contributed by atoms with Crippen LogP contribution in [0, 0.1) is 11.7 Å². The fourth-order valence-electron chi connectivity index (χ4n) is 5.14. The lowest BCUT2D eigenvalue weighted by molar-refractivity contribution is 0.0346. The van der Waals surface area contributed by atoms with Gasteiger partial charge in [0.1, 0.15) is 11.6 Å². The molecular formula is C26H33FN2O4. The van der Waals surface area contributed by atoms with Crippen LogP contribution in [-0.2, 0) is 4.74 Å². The second kappa shape index (κ2) is 10.7. The van der Waals surface area contributed by atoms with Gasteiger partial charge in [-0.3, -0.25) is 4.90 Å². The van der Waals surface area contributed by atoms with Gasteiger partial charge in [0.2, 0.25) is 6.79 Å². The van der Waals surface area contributed by atoms with Crippen LogP contribution in [0.3, 0.4) is 0 Å². The molecule has 5 rings (SSSR count). The monoisotopic (exact) mass is 456 g/mol. The SMILES string of the molecule is Fc1ccc([C@H]2CCN(CCCN3CCOCC3)C[C@@H]2COc2ccc3c(c2)OCO3)cc1. The molecule has 7 heteroatoms. The number of benzene rings is 2. The van der Waals surface area contributed by atoms with Crippen molar-refractivity contribution in [3.63, 3.8) is 0 Å². The van der Waals surface area contributed by atoms with Crippen molar-refractivity contribution in [2.75, 3.05) is 65.9 Å². The third kappa shape index (κ3) is 5.78. The van der Waals surface area contributed by atoms with Crippen molar-refractivity contribution in [3.8, 4) is 17.2 Å². The summed E-state index contributed by atoms with van der Waals surface area (Å²) >= 11 is 0. The maximum absolute atomic E-state index is 13.5. The number of ether oxygens (including phenoxy) is 4. The van der Waals surface area contributed by atoms with E-state index in [-0.39, 0.29) is 12.6 Å². The zero-order chi connectivity index (χ0) is 22.5. The average molecular weight is 457 g/mol. The van der Waals surface area contributed by atoms with E-state index in [0.29, 0.717) is 18.4 Å². The van der Waals surface area contributed by atoms with Gasteiger partial charge in [0.25, 0.3) is 0 Å². The molecule has 0 spiro atoms. The predicted octanol–water partition coefficient (Wildman–Crippen LogP) is 3.76. The number of halogens is 1. The molecule has 0 N–H and O–H groups in total. The van der Waals surface area contributed by atoms with Crippen molar-refractivity contribution >= 4 is 0 Å². The van der Waals surface area contributed by atoms with Crippen LogP contribution in [0.25, 0.3) is 0 Å². The molecule has 0 amide bonds. The summed E-state index contributed by atoms with van der Waals surface area (Å²) in [6.45, 7) is 8.91. The second-order valence-electron chi connectivity index (χ2n) is 9.14. The maximum atomic E-state index is 13.5. The molecular weight excluding hydrogens is 423 g/mol. The van der Waals surface area contributed by atoms with E-state index in [2.05, 4.69) is 9.80 Å². The molecule has 0 aromatic heterocycles. The molecule has 2 fully saturated rings. The first kappa shape index (κ1) is 22.4. The largest absolute Gasteiger partial charge is 0.493 e. The molecule has 3 aliphatic heterocycles. The molecule has 33 heavy (non-hydrogen) atoms. The molecule has 3 aliphatic rings. The highest BCUT2D eigenvalue weighted by Crippen LogP contribution is 2.37. The Morgan fingerprint density at radius 2 is 1.70 bits per heavy atom. The molecule has 0 bridgehead atoms. The molecule has 2 saturated heterocycles. The summed E-state index contributed by atoms with van der Waals surface area (Å²) in [4.78, 5) is 5.06. The Hall–Kier alpha value is -2.35. The predicted molar refractivity (Wildman–Crippen MR) is 124 cm³/mol. The summed E-state index contributed by atoms with van der Waals surface area (Å²) in [6, 6.07) is 12.7. The first-order valence-corrected chi connectivity index (χ1v) is 12.0. The zero-order valence-corrected chi connectivity index (χ0v) is 19.1. The highest BCUT2D eigenvalue weighted by Gasteiger charge is 2.31. The van der Waals surface area contributed by atoms with E-state index < -0.39 is 0 Å². The Morgan fingerprint density at radius 3 is 2.55 bits per heavy atom. The molecule has 2 aromatic carbocycles. The van der Waals surface area contributed by atoms with Crippen molar-refractivity contribution in [2.24, 2.45) is 5.92 Å². The number of nitrogens with zero attached hydrogens (tertiary/aromatic N) is 2. The minimum atomic E-state index is -0.188. The summed E-state index contributed by atoms with van der Waals surface area (Å²) in [5, 5.41) is 0. The highest BCUT2D eigenvalue weighted by molar-refractivity contribution is 5.46. The van der Waals surface area contributed by atoms with Gasteiger partial charge in [-0.15, -0.1) is 0 Å². The second-order valence-corrected chi connectivity index (χ2v) is 9.14. The van der Waals surface area contributed by atoms with Crippen LogP contribution in [0.4, 0.5) is 4.39 Å². The van der Waals surface area contributed by atoms with Crippen LogP contribution in [0.2, 0.25) is 0 Å². The van der Waals surface area contributed by atoms with Gasteiger partial charge < -0.3 is 23.8 Å². The quantitative estimate of drug-likeness (QED) is 0.603. The Bertz CT molecular complexity index is 904. The molecule has 6 nitrogen and oxygen atoms in total. The lowest BCUT2D eigenvalue weighted by Gasteiger charge is -2.39. The molecule has 2 aromatic rings. The van der Waals surface area contributed by atoms with Crippen molar-refractivity contribution in [1.29, 1.82) is 0 Å². The number of hydrogen-bond acceptors (Lipinski definition) is 6. The van der Waals surface area contributed by atoms with Crippen LogP contribution in [0.5, 0.6) is 17.2 Å². The van der Waals surface area contributed by atoms with E-state index in [0.717, 1.165) is 82.6 Å². The summed E-state index contributed by atoms with van der Waals surface area (Å²) < 4.78 is 36.1. The van der Waals surface area contributed by atoms with Gasteiger partial charge in [-0.1, -0.05) is 12.1 Å². The highest BCUT2D eigenvalue weighted by atomic mass is 19.1. The number of fused-ring (bicyclic) bond motifs is 1. The average Bonchev–Trinajstić information content (AvgIpc) is 3.32. The van der Waals surface area contributed by atoms with Crippen LogP contribution in [0.1, 0.15) is 24.3 Å². The van der Waals surface area contributed by atoms with Crippen molar-refractivity contribution in [2.45, 2.75) is 18.8 Å². The lowest BCUT2D eigenvalue weighted by Crippen LogP contribution is -2.43. The van der Waals surface area contributed by atoms with E-state index in [1.165, 1.54) is 5.56 Å². The van der Waals surface area contributed by atoms with Crippen molar-refractivity contribution < 1.29 is 23.3 Å². The van der Waals surface area contributed by atoms with Crippen LogP contribution in [0.15, 0.2) is 42.5 Å². The number of hydrogen-bond donors (Lipinski definition) is 0. The van der Waals surface area contributed by atoms with Crippen LogP contribution >= 0.6 is 0 Å².